The van der Waals surface area contributed by atoms with E-state index in [9.17, 15) is 8.42 Å². The van der Waals surface area contributed by atoms with Crippen LogP contribution in [-0.4, -0.2) is 28.6 Å². The molecule has 0 aliphatic carbocycles. The van der Waals surface area contributed by atoms with Gasteiger partial charge in [0.25, 0.3) is 10.0 Å². The summed E-state index contributed by atoms with van der Waals surface area (Å²) in [6.45, 7) is 3.78. The van der Waals surface area contributed by atoms with E-state index in [2.05, 4.69) is 9.62 Å². The number of ether oxygens (including phenoxy) is 1. The van der Waals surface area contributed by atoms with Crippen molar-refractivity contribution in [3.05, 3.63) is 48.0 Å². The third kappa shape index (κ3) is 3.33. The Balaban J connectivity index is 1.96. The lowest BCUT2D eigenvalue weighted by Gasteiger charge is -2.20. The molecular weight excluding hydrogens is 324 g/mol. The van der Waals surface area contributed by atoms with Crippen LogP contribution in [0.2, 0.25) is 0 Å². The Morgan fingerprint density at radius 2 is 1.79 bits per heavy atom. The van der Waals surface area contributed by atoms with Gasteiger partial charge in [0, 0.05) is 18.8 Å². The maximum absolute atomic E-state index is 12.7. The van der Waals surface area contributed by atoms with Gasteiger partial charge in [-0.2, -0.15) is 0 Å². The van der Waals surface area contributed by atoms with Crippen LogP contribution in [0.3, 0.4) is 0 Å². The molecule has 0 bridgehead atoms. The predicted molar refractivity (Wildman–Crippen MR) is 96.4 cm³/mol. The second-order valence-electron chi connectivity index (χ2n) is 5.95. The molecule has 3 rings (SSSR count). The van der Waals surface area contributed by atoms with Crippen molar-refractivity contribution in [3.8, 4) is 5.75 Å². The summed E-state index contributed by atoms with van der Waals surface area (Å²) in [6, 6.07) is 12.6. The van der Waals surface area contributed by atoms with Gasteiger partial charge in [0.05, 0.1) is 17.7 Å². The molecule has 0 radical (unpaired) electrons. The lowest BCUT2D eigenvalue weighted by molar-refractivity contribution is 0.417. The molecule has 1 fully saturated rings. The molecule has 0 amide bonds. The average molecular weight is 346 g/mol. The van der Waals surface area contributed by atoms with Gasteiger partial charge in [0.2, 0.25) is 0 Å². The number of rotatable bonds is 5. The molecule has 2 aromatic rings. The van der Waals surface area contributed by atoms with Crippen molar-refractivity contribution in [3.63, 3.8) is 0 Å². The normalized spacial score (nSPS) is 14.7. The van der Waals surface area contributed by atoms with Gasteiger partial charge < -0.3 is 9.64 Å². The summed E-state index contributed by atoms with van der Waals surface area (Å²) in [5, 5.41) is 0. The minimum absolute atomic E-state index is 0.277. The summed E-state index contributed by atoms with van der Waals surface area (Å²) in [5.41, 5.74) is 2.18. The molecule has 1 aliphatic rings. The van der Waals surface area contributed by atoms with Crippen molar-refractivity contribution in [2.75, 3.05) is 29.8 Å². The van der Waals surface area contributed by atoms with Crippen molar-refractivity contribution in [2.45, 2.75) is 24.7 Å². The number of nitrogens with one attached hydrogen (secondary N) is 1. The maximum Gasteiger partial charge on any atom is 0.262 e. The number of sulfonamides is 1. The molecule has 1 aliphatic heterocycles. The van der Waals surface area contributed by atoms with Crippen LogP contribution in [0, 0.1) is 6.92 Å². The number of anilines is 2. The topological polar surface area (TPSA) is 58.6 Å². The van der Waals surface area contributed by atoms with Crippen LogP contribution >= 0.6 is 0 Å². The van der Waals surface area contributed by atoms with Gasteiger partial charge in [0.1, 0.15) is 5.75 Å². The van der Waals surface area contributed by atoms with E-state index in [-0.39, 0.29) is 4.90 Å². The van der Waals surface area contributed by atoms with E-state index in [0.717, 1.165) is 31.6 Å². The Kier molecular flexibility index (Phi) is 4.66. The number of benzene rings is 2. The first-order valence-corrected chi connectivity index (χ1v) is 9.51. The fourth-order valence-electron chi connectivity index (χ4n) is 3.01. The molecule has 0 spiro atoms. The van der Waals surface area contributed by atoms with Crippen LogP contribution in [0.1, 0.15) is 18.4 Å². The molecule has 24 heavy (non-hydrogen) atoms. The van der Waals surface area contributed by atoms with Crippen LogP contribution in [0.5, 0.6) is 5.75 Å². The first-order chi connectivity index (χ1) is 11.5. The van der Waals surface area contributed by atoms with E-state index in [4.69, 9.17) is 4.74 Å². The monoisotopic (exact) mass is 346 g/mol. The molecule has 0 aromatic heterocycles. The highest BCUT2D eigenvalue weighted by Gasteiger charge is 2.20. The zero-order valence-electron chi connectivity index (χ0n) is 14.0. The minimum atomic E-state index is -3.67. The standard InChI is InChI=1S/C18H22N2O3S/c1-14-7-3-4-8-18(14)24(21,22)19-16-13-15(9-10-17(16)23-2)20-11-5-6-12-20/h3-4,7-10,13,19H,5-6,11-12H2,1-2H3. The van der Waals surface area contributed by atoms with Crippen molar-refractivity contribution >= 4 is 21.4 Å². The lowest BCUT2D eigenvalue weighted by Crippen LogP contribution is -2.19. The van der Waals surface area contributed by atoms with E-state index in [1.54, 1.807) is 25.1 Å². The van der Waals surface area contributed by atoms with Gasteiger partial charge in [-0.1, -0.05) is 18.2 Å². The fourth-order valence-corrected chi connectivity index (χ4v) is 4.31. The van der Waals surface area contributed by atoms with Crippen LogP contribution in [-0.2, 0) is 10.0 Å². The first-order valence-electron chi connectivity index (χ1n) is 8.03. The van der Waals surface area contributed by atoms with E-state index in [1.165, 1.54) is 7.11 Å². The van der Waals surface area contributed by atoms with Crippen molar-refractivity contribution in [1.82, 2.24) is 0 Å². The minimum Gasteiger partial charge on any atom is -0.495 e. The molecule has 0 atom stereocenters. The molecule has 0 saturated carbocycles. The highest BCUT2D eigenvalue weighted by Crippen LogP contribution is 2.33. The van der Waals surface area contributed by atoms with Crippen molar-refractivity contribution in [2.24, 2.45) is 0 Å². The molecule has 128 valence electrons. The summed E-state index contributed by atoms with van der Waals surface area (Å²) < 4.78 is 33.5. The Morgan fingerprint density at radius 3 is 2.46 bits per heavy atom. The molecule has 1 saturated heterocycles. The van der Waals surface area contributed by atoms with E-state index in [0.29, 0.717) is 17.0 Å². The smallest absolute Gasteiger partial charge is 0.262 e. The number of hydrogen-bond donors (Lipinski definition) is 1. The number of hydrogen-bond acceptors (Lipinski definition) is 4. The Hall–Kier alpha value is -2.21. The van der Waals surface area contributed by atoms with E-state index < -0.39 is 10.0 Å². The maximum atomic E-state index is 12.7. The van der Waals surface area contributed by atoms with Crippen molar-refractivity contribution < 1.29 is 13.2 Å². The number of nitrogens with zero attached hydrogens (tertiary/aromatic N) is 1. The highest BCUT2D eigenvalue weighted by molar-refractivity contribution is 7.92. The zero-order chi connectivity index (χ0) is 17.2. The molecule has 2 aromatic carbocycles. The Labute approximate surface area is 143 Å². The molecule has 6 heteroatoms. The zero-order valence-corrected chi connectivity index (χ0v) is 14.8. The van der Waals surface area contributed by atoms with Gasteiger partial charge in [-0.05, 0) is 49.6 Å². The summed E-state index contributed by atoms with van der Waals surface area (Å²) in [6.07, 6.45) is 2.33. The Bertz CT molecular complexity index is 828. The van der Waals surface area contributed by atoms with Crippen LogP contribution < -0.4 is 14.4 Å². The van der Waals surface area contributed by atoms with Gasteiger partial charge in [-0.3, -0.25) is 4.72 Å². The summed E-state index contributed by atoms with van der Waals surface area (Å²) in [5.74, 6) is 0.509. The van der Waals surface area contributed by atoms with Crippen LogP contribution in [0.25, 0.3) is 0 Å². The highest BCUT2D eigenvalue weighted by atomic mass is 32.2. The van der Waals surface area contributed by atoms with Crippen molar-refractivity contribution in [1.29, 1.82) is 0 Å². The van der Waals surface area contributed by atoms with Gasteiger partial charge in [-0.25, -0.2) is 8.42 Å². The van der Waals surface area contributed by atoms with Gasteiger partial charge >= 0.3 is 0 Å². The van der Waals surface area contributed by atoms with Crippen LogP contribution in [0.4, 0.5) is 11.4 Å². The molecule has 1 heterocycles. The third-order valence-electron chi connectivity index (χ3n) is 4.28. The summed E-state index contributed by atoms with van der Waals surface area (Å²) in [4.78, 5) is 2.53. The van der Waals surface area contributed by atoms with Crippen LogP contribution in [0.15, 0.2) is 47.4 Å². The second-order valence-corrected chi connectivity index (χ2v) is 7.60. The third-order valence-corrected chi connectivity index (χ3v) is 5.81. The number of methoxy groups -OCH3 is 1. The number of aryl methyl sites for hydroxylation is 1. The lowest BCUT2D eigenvalue weighted by atomic mass is 10.2. The predicted octanol–water partition coefficient (Wildman–Crippen LogP) is 3.40. The van der Waals surface area contributed by atoms with Gasteiger partial charge in [-0.15, -0.1) is 0 Å². The molecular formula is C18H22N2O3S. The molecule has 5 nitrogen and oxygen atoms in total. The molecule has 1 N–H and O–H groups in total. The molecule has 0 unspecified atom stereocenters. The first kappa shape index (κ1) is 16.6. The van der Waals surface area contributed by atoms with E-state index >= 15 is 0 Å². The fraction of sp³-hybridized carbons (Fsp3) is 0.333. The largest absolute Gasteiger partial charge is 0.495 e. The summed E-state index contributed by atoms with van der Waals surface area (Å²) in [7, 11) is -2.13. The quantitative estimate of drug-likeness (QED) is 0.901. The summed E-state index contributed by atoms with van der Waals surface area (Å²) >= 11 is 0. The average Bonchev–Trinajstić information content (AvgIpc) is 3.09. The SMILES string of the molecule is COc1ccc(N2CCCC2)cc1NS(=O)(=O)c1ccccc1C. The van der Waals surface area contributed by atoms with Gasteiger partial charge in [0.15, 0.2) is 0 Å². The van der Waals surface area contributed by atoms with E-state index in [1.807, 2.05) is 24.3 Å². The Morgan fingerprint density at radius 1 is 1.08 bits per heavy atom. The second kappa shape index (κ2) is 6.73.